The van der Waals surface area contributed by atoms with E-state index in [0.29, 0.717) is 28.7 Å². The van der Waals surface area contributed by atoms with E-state index in [1.807, 2.05) is 24.3 Å². The molecule has 1 saturated heterocycles. The number of nitrogens with two attached hydrogens (primary N) is 1. The second kappa shape index (κ2) is 7.69. The standard InChI is InChI=1S/C22H21ClN4O3S/c23-19-6-5-14(31-19)10-25-21(29)18-8-12-7-17(12)27(18)20(28)9-13-11-26(22(24)30)16-4-2-1-3-15(13)16/h1-6,11-12,17-18H,7-10H2,(H2,24,30)(H,25,29)/t12?,17-,18+/m1/s1. The van der Waals surface area contributed by atoms with Crippen molar-refractivity contribution in [3.05, 3.63) is 57.4 Å². The zero-order valence-electron chi connectivity index (χ0n) is 16.6. The van der Waals surface area contributed by atoms with E-state index >= 15 is 0 Å². The van der Waals surface area contributed by atoms with Crippen LogP contribution in [-0.4, -0.2) is 39.4 Å². The van der Waals surface area contributed by atoms with Gasteiger partial charge in [0, 0.05) is 22.5 Å². The van der Waals surface area contributed by atoms with Crippen LogP contribution in [0.1, 0.15) is 23.3 Å². The molecule has 1 saturated carbocycles. The fourth-order valence-corrected chi connectivity index (χ4v) is 5.64. The Morgan fingerprint density at radius 2 is 1.97 bits per heavy atom. The summed E-state index contributed by atoms with van der Waals surface area (Å²) in [6.07, 6.45) is 3.38. The van der Waals surface area contributed by atoms with Crippen molar-refractivity contribution in [2.24, 2.45) is 11.7 Å². The molecule has 160 valence electrons. The highest BCUT2D eigenvalue weighted by Gasteiger charge is 2.55. The SMILES string of the molecule is NC(=O)n1cc(CC(=O)N2[C@@H]3CC3C[C@H]2C(=O)NCc2ccc(Cl)s2)c2ccccc21. The van der Waals surface area contributed by atoms with Gasteiger partial charge in [0.1, 0.15) is 6.04 Å². The Morgan fingerprint density at radius 1 is 1.16 bits per heavy atom. The number of piperidine rings is 1. The molecule has 0 spiro atoms. The summed E-state index contributed by atoms with van der Waals surface area (Å²) in [5.74, 6) is 0.157. The number of carbonyl (C=O) groups is 3. The quantitative estimate of drug-likeness (QED) is 0.617. The van der Waals surface area contributed by atoms with Crippen molar-refractivity contribution in [1.82, 2.24) is 14.8 Å². The third-order valence-electron chi connectivity index (χ3n) is 6.13. The summed E-state index contributed by atoms with van der Waals surface area (Å²) in [6.45, 7) is 0.399. The molecule has 1 aliphatic carbocycles. The Bertz CT molecular complexity index is 1200. The van der Waals surface area contributed by atoms with Crippen LogP contribution >= 0.6 is 22.9 Å². The van der Waals surface area contributed by atoms with Crippen molar-refractivity contribution in [2.75, 3.05) is 0 Å². The first-order valence-electron chi connectivity index (χ1n) is 10.1. The average Bonchev–Trinajstić information content (AvgIpc) is 3.08. The molecule has 1 aromatic carbocycles. The molecule has 2 aliphatic rings. The predicted octanol–water partition coefficient (Wildman–Crippen LogP) is 3.13. The molecule has 3 aromatic rings. The van der Waals surface area contributed by atoms with Gasteiger partial charge in [-0.25, -0.2) is 4.79 Å². The maximum atomic E-state index is 13.3. The second-order valence-corrected chi connectivity index (χ2v) is 9.90. The topological polar surface area (TPSA) is 97.4 Å². The van der Waals surface area contributed by atoms with E-state index < -0.39 is 12.1 Å². The van der Waals surface area contributed by atoms with Gasteiger partial charge < -0.3 is 16.0 Å². The lowest BCUT2D eigenvalue weighted by Crippen LogP contribution is -2.48. The fourth-order valence-electron chi connectivity index (χ4n) is 4.62. The molecule has 31 heavy (non-hydrogen) atoms. The number of aromatic nitrogens is 1. The molecule has 3 amide bonds. The van der Waals surface area contributed by atoms with Crippen molar-refractivity contribution >= 4 is 51.7 Å². The van der Waals surface area contributed by atoms with Gasteiger partial charge in [0.2, 0.25) is 11.8 Å². The molecule has 7 nitrogen and oxygen atoms in total. The predicted molar refractivity (Wildman–Crippen MR) is 119 cm³/mol. The van der Waals surface area contributed by atoms with Gasteiger partial charge in [-0.2, -0.15) is 0 Å². The largest absolute Gasteiger partial charge is 0.351 e. The van der Waals surface area contributed by atoms with Crippen LogP contribution in [0.5, 0.6) is 0 Å². The Labute approximate surface area is 187 Å². The summed E-state index contributed by atoms with van der Waals surface area (Å²) in [4.78, 5) is 40.6. The molecule has 9 heteroatoms. The average molecular weight is 457 g/mol. The summed E-state index contributed by atoms with van der Waals surface area (Å²) >= 11 is 7.38. The number of carbonyl (C=O) groups excluding carboxylic acids is 3. The van der Waals surface area contributed by atoms with Crippen LogP contribution in [0.15, 0.2) is 42.6 Å². The number of primary amides is 1. The first-order chi connectivity index (χ1) is 14.9. The maximum Gasteiger partial charge on any atom is 0.323 e. The van der Waals surface area contributed by atoms with Crippen molar-refractivity contribution in [1.29, 1.82) is 0 Å². The van der Waals surface area contributed by atoms with Gasteiger partial charge in [0.05, 0.1) is 22.8 Å². The Morgan fingerprint density at radius 3 is 2.71 bits per heavy atom. The number of hydrogen-bond acceptors (Lipinski definition) is 4. The molecule has 1 aliphatic heterocycles. The van der Waals surface area contributed by atoms with Crippen molar-refractivity contribution < 1.29 is 14.4 Å². The number of hydrogen-bond donors (Lipinski definition) is 2. The molecular formula is C22H21ClN4O3S. The number of benzene rings is 1. The third kappa shape index (κ3) is 3.70. The first-order valence-corrected chi connectivity index (χ1v) is 11.3. The van der Waals surface area contributed by atoms with Crippen molar-refractivity contribution in [3.8, 4) is 0 Å². The van der Waals surface area contributed by atoms with Crippen LogP contribution in [0.2, 0.25) is 4.34 Å². The van der Waals surface area contributed by atoms with Crippen LogP contribution in [0, 0.1) is 5.92 Å². The zero-order chi connectivity index (χ0) is 21.7. The molecule has 3 atom stereocenters. The van der Waals surface area contributed by atoms with Crippen LogP contribution in [0.3, 0.4) is 0 Å². The minimum Gasteiger partial charge on any atom is -0.351 e. The molecular weight excluding hydrogens is 436 g/mol. The van der Waals surface area contributed by atoms with E-state index in [1.165, 1.54) is 15.9 Å². The summed E-state index contributed by atoms with van der Waals surface area (Å²) in [5, 5.41) is 3.76. The van der Waals surface area contributed by atoms with Crippen LogP contribution < -0.4 is 11.1 Å². The second-order valence-electron chi connectivity index (χ2n) is 8.10. The monoisotopic (exact) mass is 456 g/mol. The summed E-state index contributed by atoms with van der Waals surface area (Å²) < 4.78 is 2.04. The summed E-state index contributed by atoms with van der Waals surface area (Å²) in [5.41, 5.74) is 6.89. The smallest absolute Gasteiger partial charge is 0.323 e. The minimum atomic E-state index is -0.593. The van der Waals surface area contributed by atoms with E-state index in [-0.39, 0.29) is 24.3 Å². The molecule has 3 N–H and O–H groups in total. The number of thiophene rings is 1. The van der Waals surface area contributed by atoms with E-state index in [4.69, 9.17) is 17.3 Å². The molecule has 5 rings (SSSR count). The summed E-state index contributed by atoms with van der Waals surface area (Å²) in [7, 11) is 0. The number of halogens is 1. The van der Waals surface area contributed by atoms with Crippen molar-refractivity contribution in [3.63, 3.8) is 0 Å². The lowest BCUT2D eigenvalue weighted by Gasteiger charge is -2.27. The maximum absolute atomic E-state index is 13.3. The molecule has 3 heterocycles. The minimum absolute atomic E-state index is 0.100. The van der Waals surface area contributed by atoms with E-state index in [2.05, 4.69) is 5.32 Å². The molecule has 2 fully saturated rings. The Hall–Kier alpha value is -2.84. The van der Waals surface area contributed by atoms with Crippen molar-refractivity contribution in [2.45, 2.75) is 37.9 Å². The number of likely N-dealkylation sites (tertiary alicyclic amines) is 1. The van der Waals surface area contributed by atoms with Gasteiger partial charge in [-0.05, 0) is 42.5 Å². The zero-order valence-corrected chi connectivity index (χ0v) is 18.2. The van der Waals surface area contributed by atoms with Gasteiger partial charge in [-0.15, -0.1) is 11.3 Å². The highest BCUT2D eigenvalue weighted by Crippen LogP contribution is 2.48. The normalized spacial score (nSPS) is 21.8. The van der Waals surface area contributed by atoms with E-state index in [1.54, 1.807) is 23.2 Å². The molecule has 1 unspecified atom stereocenters. The number of nitrogens with zero attached hydrogens (tertiary/aromatic N) is 2. The number of para-hydroxylation sites is 1. The number of amides is 3. The highest BCUT2D eigenvalue weighted by molar-refractivity contribution is 7.16. The van der Waals surface area contributed by atoms with Crippen LogP contribution in [0.4, 0.5) is 4.79 Å². The molecule has 0 radical (unpaired) electrons. The van der Waals surface area contributed by atoms with Gasteiger partial charge in [-0.1, -0.05) is 29.8 Å². The van der Waals surface area contributed by atoms with E-state index in [9.17, 15) is 14.4 Å². The molecule has 2 aromatic heterocycles. The number of rotatable bonds is 5. The number of fused-ring (bicyclic) bond motifs is 2. The fraction of sp³-hybridized carbons (Fsp3) is 0.318. The highest BCUT2D eigenvalue weighted by atomic mass is 35.5. The lowest BCUT2D eigenvalue weighted by molar-refractivity contribution is -0.139. The van der Waals surface area contributed by atoms with Crippen LogP contribution in [0.25, 0.3) is 10.9 Å². The van der Waals surface area contributed by atoms with Crippen LogP contribution in [-0.2, 0) is 22.6 Å². The first kappa shape index (κ1) is 20.1. The number of nitrogens with one attached hydrogen (secondary N) is 1. The Kier molecular flexibility index (Phi) is 4.98. The van der Waals surface area contributed by atoms with Gasteiger partial charge in [-0.3, -0.25) is 14.2 Å². The van der Waals surface area contributed by atoms with Gasteiger partial charge in [0.15, 0.2) is 0 Å². The lowest BCUT2D eigenvalue weighted by atomic mass is 10.1. The van der Waals surface area contributed by atoms with Gasteiger partial charge >= 0.3 is 6.03 Å². The van der Waals surface area contributed by atoms with E-state index in [0.717, 1.165) is 22.2 Å². The third-order valence-corrected chi connectivity index (χ3v) is 7.37. The Balaban J connectivity index is 1.33. The summed E-state index contributed by atoms with van der Waals surface area (Å²) in [6, 6.07) is 10.1. The molecule has 0 bridgehead atoms. The van der Waals surface area contributed by atoms with Gasteiger partial charge in [0.25, 0.3) is 0 Å².